The van der Waals surface area contributed by atoms with E-state index in [0.717, 1.165) is 12.5 Å². The maximum Gasteiger partial charge on any atom is 0.00475 e. The molecular formula is C14H30N2. The van der Waals surface area contributed by atoms with Gasteiger partial charge in [0.15, 0.2) is 0 Å². The SMILES string of the molecule is CCCC(C)(CNC)CN1CCC(C)CC1. The predicted molar refractivity (Wildman–Crippen MR) is 71.8 cm³/mol. The van der Waals surface area contributed by atoms with Gasteiger partial charge < -0.3 is 10.2 Å². The number of nitrogens with one attached hydrogen (secondary N) is 1. The van der Waals surface area contributed by atoms with E-state index in [9.17, 15) is 0 Å². The number of likely N-dealkylation sites (tertiary alicyclic amines) is 1. The van der Waals surface area contributed by atoms with Gasteiger partial charge in [0.2, 0.25) is 0 Å². The summed E-state index contributed by atoms with van der Waals surface area (Å²) in [6.45, 7) is 12.2. The molecule has 1 atom stereocenters. The molecule has 1 aliphatic heterocycles. The molecule has 0 spiro atoms. The lowest BCUT2D eigenvalue weighted by Gasteiger charge is -2.38. The topological polar surface area (TPSA) is 15.3 Å². The van der Waals surface area contributed by atoms with Crippen molar-refractivity contribution in [3.05, 3.63) is 0 Å². The molecule has 1 unspecified atom stereocenters. The molecule has 2 nitrogen and oxygen atoms in total. The van der Waals surface area contributed by atoms with E-state index in [-0.39, 0.29) is 0 Å². The standard InChI is InChI=1S/C14H30N2/c1-5-8-14(3,11-15-4)12-16-9-6-13(2)7-10-16/h13,15H,5-12H2,1-4H3. The maximum absolute atomic E-state index is 3.36. The second kappa shape index (κ2) is 6.61. The van der Waals surface area contributed by atoms with Crippen molar-refractivity contribution in [2.45, 2.75) is 46.5 Å². The quantitative estimate of drug-likeness (QED) is 0.749. The van der Waals surface area contributed by atoms with Gasteiger partial charge in [-0.05, 0) is 50.7 Å². The molecule has 1 saturated heterocycles. The zero-order valence-corrected chi connectivity index (χ0v) is 11.7. The first-order valence-corrected chi connectivity index (χ1v) is 6.96. The van der Waals surface area contributed by atoms with Gasteiger partial charge in [0.25, 0.3) is 0 Å². The van der Waals surface area contributed by atoms with Crippen LogP contribution in [0.5, 0.6) is 0 Å². The molecule has 0 aromatic heterocycles. The van der Waals surface area contributed by atoms with E-state index in [1.54, 1.807) is 0 Å². The van der Waals surface area contributed by atoms with Crippen LogP contribution in [0.4, 0.5) is 0 Å². The maximum atomic E-state index is 3.36. The van der Waals surface area contributed by atoms with E-state index < -0.39 is 0 Å². The van der Waals surface area contributed by atoms with Crippen molar-refractivity contribution in [1.29, 1.82) is 0 Å². The van der Waals surface area contributed by atoms with Crippen molar-refractivity contribution < 1.29 is 0 Å². The Morgan fingerprint density at radius 3 is 2.44 bits per heavy atom. The Morgan fingerprint density at radius 1 is 1.31 bits per heavy atom. The van der Waals surface area contributed by atoms with Crippen molar-refractivity contribution in [3.8, 4) is 0 Å². The number of hydrogen-bond donors (Lipinski definition) is 1. The molecule has 0 aliphatic carbocycles. The Balaban J connectivity index is 2.41. The average molecular weight is 226 g/mol. The highest BCUT2D eigenvalue weighted by Crippen LogP contribution is 2.26. The lowest BCUT2D eigenvalue weighted by molar-refractivity contribution is 0.116. The third-order valence-corrected chi connectivity index (χ3v) is 3.94. The highest BCUT2D eigenvalue weighted by molar-refractivity contribution is 4.82. The second-order valence-electron chi connectivity index (χ2n) is 6.05. The molecule has 1 fully saturated rings. The average Bonchev–Trinajstić information content (AvgIpc) is 2.22. The van der Waals surface area contributed by atoms with Crippen molar-refractivity contribution in [3.63, 3.8) is 0 Å². The Morgan fingerprint density at radius 2 is 1.94 bits per heavy atom. The van der Waals surface area contributed by atoms with Gasteiger partial charge in [0.05, 0.1) is 0 Å². The first-order valence-electron chi connectivity index (χ1n) is 6.96. The fraction of sp³-hybridized carbons (Fsp3) is 1.00. The fourth-order valence-corrected chi connectivity index (χ4v) is 3.01. The van der Waals surface area contributed by atoms with Crippen molar-refractivity contribution in [1.82, 2.24) is 10.2 Å². The molecule has 0 aromatic carbocycles. The van der Waals surface area contributed by atoms with Gasteiger partial charge in [0, 0.05) is 13.1 Å². The Bertz CT molecular complexity index is 177. The van der Waals surface area contributed by atoms with Gasteiger partial charge in [-0.15, -0.1) is 0 Å². The summed E-state index contributed by atoms with van der Waals surface area (Å²) in [4.78, 5) is 2.67. The molecule has 2 heteroatoms. The molecule has 0 bridgehead atoms. The lowest BCUT2D eigenvalue weighted by Crippen LogP contribution is -2.44. The normalized spacial score (nSPS) is 23.2. The fourth-order valence-electron chi connectivity index (χ4n) is 3.01. The molecule has 0 radical (unpaired) electrons. The van der Waals surface area contributed by atoms with Crippen LogP contribution in [-0.2, 0) is 0 Å². The number of piperidine rings is 1. The van der Waals surface area contributed by atoms with Crippen LogP contribution in [0.2, 0.25) is 0 Å². The first kappa shape index (κ1) is 14.0. The summed E-state index contributed by atoms with van der Waals surface area (Å²) < 4.78 is 0. The van der Waals surface area contributed by atoms with E-state index in [0.29, 0.717) is 5.41 Å². The summed E-state index contributed by atoms with van der Waals surface area (Å²) in [5, 5.41) is 3.36. The van der Waals surface area contributed by atoms with Crippen LogP contribution in [0.25, 0.3) is 0 Å². The van der Waals surface area contributed by atoms with Crippen LogP contribution < -0.4 is 5.32 Å². The summed E-state index contributed by atoms with van der Waals surface area (Å²) in [5.74, 6) is 0.943. The number of hydrogen-bond acceptors (Lipinski definition) is 2. The van der Waals surface area contributed by atoms with E-state index >= 15 is 0 Å². The second-order valence-corrected chi connectivity index (χ2v) is 6.05. The molecule has 96 valence electrons. The van der Waals surface area contributed by atoms with Gasteiger partial charge >= 0.3 is 0 Å². The highest BCUT2D eigenvalue weighted by atomic mass is 15.1. The van der Waals surface area contributed by atoms with E-state index in [1.165, 1.54) is 45.3 Å². The predicted octanol–water partition coefficient (Wildman–Crippen LogP) is 2.74. The van der Waals surface area contributed by atoms with Crippen LogP contribution in [-0.4, -0.2) is 38.1 Å². The van der Waals surface area contributed by atoms with Gasteiger partial charge in [-0.1, -0.05) is 27.2 Å². The molecule has 0 amide bonds. The minimum atomic E-state index is 0.462. The van der Waals surface area contributed by atoms with Crippen molar-refractivity contribution in [2.24, 2.45) is 11.3 Å². The summed E-state index contributed by atoms with van der Waals surface area (Å²) in [7, 11) is 2.08. The van der Waals surface area contributed by atoms with E-state index in [4.69, 9.17) is 0 Å². The van der Waals surface area contributed by atoms with Crippen LogP contribution in [0.3, 0.4) is 0 Å². The molecule has 1 N–H and O–H groups in total. The largest absolute Gasteiger partial charge is 0.319 e. The third-order valence-electron chi connectivity index (χ3n) is 3.94. The molecule has 1 rings (SSSR count). The van der Waals surface area contributed by atoms with Crippen LogP contribution in [0.15, 0.2) is 0 Å². The van der Waals surface area contributed by atoms with Crippen LogP contribution in [0, 0.1) is 11.3 Å². The van der Waals surface area contributed by atoms with E-state index in [1.807, 2.05) is 0 Å². The minimum absolute atomic E-state index is 0.462. The Labute approximate surface area is 102 Å². The van der Waals surface area contributed by atoms with Crippen LogP contribution >= 0.6 is 0 Å². The Kier molecular flexibility index (Phi) is 5.77. The summed E-state index contributed by atoms with van der Waals surface area (Å²) >= 11 is 0. The van der Waals surface area contributed by atoms with Crippen molar-refractivity contribution >= 4 is 0 Å². The highest BCUT2D eigenvalue weighted by Gasteiger charge is 2.27. The summed E-state index contributed by atoms with van der Waals surface area (Å²) in [5.41, 5.74) is 0.462. The number of rotatable bonds is 6. The molecule has 0 saturated carbocycles. The molecule has 1 heterocycles. The summed E-state index contributed by atoms with van der Waals surface area (Å²) in [6.07, 6.45) is 5.41. The van der Waals surface area contributed by atoms with Gasteiger partial charge in [-0.2, -0.15) is 0 Å². The zero-order chi connectivity index (χ0) is 12.0. The smallest absolute Gasteiger partial charge is 0.00475 e. The Hall–Kier alpha value is -0.0800. The minimum Gasteiger partial charge on any atom is -0.319 e. The van der Waals surface area contributed by atoms with E-state index in [2.05, 4.69) is 38.0 Å². The molecular weight excluding hydrogens is 196 g/mol. The summed E-state index contributed by atoms with van der Waals surface area (Å²) in [6, 6.07) is 0. The number of nitrogens with zero attached hydrogens (tertiary/aromatic N) is 1. The lowest BCUT2D eigenvalue weighted by atomic mass is 9.84. The first-order chi connectivity index (χ1) is 7.59. The molecule has 1 aliphatic rings. The monoisotopic (exact) mass is 226 g/mol. The van der Waals surface area contributed by atoms with Gasteiger partial charge in [0.1, 0.15) is 0 Å². The third kappa shape index (κ3) is 4.42. The van der Waals surface area contributed by atoms with Gasteiger partial charge in [-0.3, -0.25) is 0 Å². The zero-order valence-electron chi connectivity index (χ0n) is 11.7. The molecule has 0 aromatic rings. The van der Waals surface area contributed by atoms with Gasteiger partial charge in [-0.25, -0.2) is 0 Å². The van der Waals surface area contributed by atoms with Crippen LogP contribution in [0.1, 0.15) is 46.5 Å². The van der Waals surface area contributed by atoms with Crippen molar-refractivity contribution in [2.75, 3.05) is 33.2 Å². The molecule has 16 heavy (non-hydrogen) atoms.